The highest BCUT2D eigenvalue weighted by Gasteiger charge is 2.08. The Bertz CT molecular complexity index is 933. The molecule has 0 aliphatic carbocycles. The Morgan fingerprint density at radius 2 is 1.67 bits per heavy atom. The summed E-state index contributed by atoms with van der Waals surface area (Å²) in [7, 11) is 0. The molecule has 0 fully saturated rings. The van der Waals surface area contributed by atoms with Crippen LogP contribution in [0.2, 0.25) is 5.02 Å². The van der Waals surface area contributed by atoms with Gasteiger partial charge in [0.15, 0.2) is 5.82 Å². The van der Waals surface area contributed by atoms with E-state index in [-0.39, 0.29) is 11.8 Å². The fourth-order valence-corrected chi connectivity index (χ4v) is 2.61. The van der Waals surface area contributed by atoms with E-state index in [4.69, 9.17) is 11.6 Å². The standard InChI is InChI=1S/C20H19ClN4O2/c1-14(26)22-12-15-2-6-17(7-3-15)20(27)23-19-10-11-25(24-19)13-16-4-8-18(21)9-5-16/h2-11H,12-13H2,1H3,(H,22,26)(H,23,24,27). The summed E-state index contributed by atoms with van der Waals surface area (Å²) in [4.78, 5) is 23.3. The van der Waals surface area contributed by atoms with Gasteiger partial charge in [0.1, 0.15) is 0 Å². The molecule has 0 spiro atoms. The molecule has 2 amide bonds. The van der Waals surface area contributed by atoms with Gasteiger partial charge in [-0.15, -0.1) is 0 Å². The number of hydrogen-bond acceptors (Lipinski definition) is 3. The molecule has 27 heavy (non-hydrogen) atoms. The van der Waals surface area contributed by atoms with Gasteiger partial charge in [-0.3, -0.25) is 14.3 Å². The summed E-state index contributed by atoms with van der Waals surface area (Å²) in [6, 6.07) is 16.3. The Morgan fingerprint density at radius 1 is 1.00 bits per heavy atom. The number of amides is 2. The van der Waals surface area contributed by atoms with Gasteiger partial charge >= 0.3 is 0 Å². The van der Waals surface area contributed by atoms with Gasteiger partial charge in [-0.25, -0.2) is 0 Å². The number of benzene rings is 2. The van der Waals surface area contributed by atoms with Crippen molar-refractivity contribution in [1.29, 1.82) is 0 Å². The molecule has 1 heterocycles. The van der Waals surface area contributed by atoms with Crippen molar-refractivity contribution in [2.75, 3.05) is 5.32 Å². The van der Waals surface area contributed by atoms with Crippen molar-refractivity contribution in [2.24, 2.45) is 0 Å². The smallest absolute Gasteiger partial charge is 0.256 e. The molecule has 0 atom stereocenters. The monoisotopic (exact) mass is 382 g/mol. The number of halogens is 1. The van der Waals surface area contributed by atoms with E-state index in [0.29, 0.717) is 29.5 Å². The zero-order valence-electron chi connectivity index (χ0n) is 14.8. The molecule has 7 heteroatoms. The molecular formula is C20H19ClN4O2. The predicted octanol–water partition coefficient (Wildman–Crippen LogP) is 3.47. The molecule has 0 radical (unpaired) electrons. The summed E-state index contributed by atoms with van der Waals surface area (Å²) in [6.45, 7) is 2.49. The van der Waals surface area contributed by atoms with Crippen molar-refractivity contribution in [2.45, 2.75) is 20.0 Å². The first kappa shape index (κ1) is 18.7. The van der Waals surface area contributed by atoms with Crippen LogP contribution in [0.1, 0.15) is 28.4 Å². The SMILES string of the molecule is CC(=O)NCc1ccc(C(=O)Nc2ccn(Cc3ccc(Cl)cc3)n2)cc1. The van der Waals surface area contributed by atoms with Gasteiger partial charge in [0.05, 0.1) is 6.54 Å². The number of hydrogen-bond donors (Lipinski definition) is 2. The molecule has 3 aromatic rings. The molecule has 2 aromatic carbocycles. The number of rotatable bonds is 6. The van der Waals surface area contributed by atoms with Crippen molar-refractivity contribution in [3.05, 3.63) is 82.5 Å². The van der Waals surface area contributed by atoms with E-state index < -0.39 is 0 Å². The summed E-state index contributed by atoms with van der Waals surface area (Å²) in [5, 5.41) is 10.6. The van der Waals surface area contributed by atoms with Crippen LogP contribution in [0.3, 0.4) is 0 Å². The highest BCUT2D eigenvalue weighted by atomic mass is 35.5. The lowest BCUT2D eigenvalue weighted by Crippen LogP contribution is -2.19. The normalized spacial score (nSPS) is 10.4. The lowest BCUT2D eigenvalue weighted by Gasteiger charge is -2.05. The second-order valence-electron chi connectivity index (χ2n) is 6.09. The Kier molecular flexibility index (Phi) is 5.88. The first-order chi connectivity index (χ1) is 13.0. The van der Waals surface area contributed by atoms with Gasteiger partial charge in [-0.05, 0) is 35.4 Å². The number of nitrogens with zero attached hydrogens (tertiary/aromatic N) is 2. The molecule has 138 valence electrons. The highest BCUT2D eigenvalue weighted by molar-refractivity contribution is 6.30. The van der Waals surface area contributed by atoms with E-state index in [1.807, 2.05) is 36.4 Å². The van der Waals surface area contributed by atoms with Crippen LogP contribution in [0.4, 0.5) is 5.82 Å². The maximum Gasteiger partial charge on any atom is 0.256 e. The second kappa shape index (κ2) is 8.51. The molecule has 2 N–H and O–H groups in total. The summed E-state index contributed by atoms with van der Waals surface area (Å²) < 4.78 is 1.75. The highest BCUT2D eigenvalue weighted by Crippen LogP contribution is 2.12. The molecular weight excluding hydrogens is 364 g/mol. The first-order valence-electron chi connectivity index (χ1n) is 8.42. The number of aromatic nitrogens is 2. The van der Waals surface area contributed by atoms with Crippen LogP contribution >= 0.6 is 11.6 Å². The van der Waals surface area contributed by atoms with E-state index in [1.165, 1.54) is 6.92 Å². The molecule has 0 aliphatic heterocycles. The summed E-state index contributed by atoms with van der Waals surface area (Å²) in [5.41, 5.74) is 2.51. The summed E-state index contributed by atoms with van der Waals surface area (Å²) >= 11 is 5.89. The quantitative estimate of drug-likeness (QED) is 0.685. The van der Waals surface area contributed by atoms with E-state index >= 15 is 0 Å². The number of anilines is 1. The van der Waals surface area contributed by atoms with E-state index in [0.717, 1.165) is 11.1 Å². The van der Waals surface area contributed by atoms with E-state index in [9.17, 15) is 9.59 Å². The molecule has 0 unspecified atom stereocenters. The summed E-state index contributed by atoms with van der Waals surface area (Å²) in [6.07, 6.45) is 1.81. The van der Waals surface area contributed by atoms with Crippen molar-refractivity contribution in [3.8, 4) is 0 Å². The van der Waals surface area contributed by atoms with Gasteiger partial charge < -0.3 is 10.6 Å². The maximum atomic E-state index is 12.4. The minimum atomic E-state index is -0.238. The number of nitrogens with one attached hydrogen (secondary N) is 2. The van der Waals surface area contributed by atoms with Crippen molar-refractivity contribution in [3.63, 3.8) is 0 Å². The molecule has 1 aromatic heterocycles. The van der Waals surface area contributed by atoms with Gasteiger partial charge in [-0.1, -0.05) is 35.9 Å². The van der Waals surface area contributed by atoms with Gasteiger partial charge in [0.25, 0.3) is 5.91 Å². The third-order valence-corrected chi connectivity index (χ3v) is 4.15. The largest absolute Gasteiger partial charge is 0.352 e. The van der Waals surface area contributed by atoms with Gasteiger partial charge in [-0.2, -0.15) is 5.10 Å². The van der Waals surface area contributed by atoms with Crippen LogP contribution in [0.25, 0.3) is 0 Å². The molecule has 3 rings (SSSR count). The van der Waals surface area contributed by atoms with Crippen LogP contribution < -0.4 is 10.6 Å². The molecule has 0 bridgehead atoms. The lowest BCUT2D eigenvalue weighted by atomic mass is 10.1. The molecule has 0 saturated heterocycles. The molecule has 0 saturated carbocycles. The van der Waals surface area contributed by atoms with E-state index in [1.54, 1.807) is 29.1 Å². The zero-order chi connectivity index (χ0) is 19.2. The van der Waals surface area contributed by atoms with Crippen molar-refractivity contribution in [1.82, 2.24) is 15.1 Å². The van der Waals surface area contributed by atoms with Crippen LogP contribution in [-0.2, 0) is 17.9 Å². The molecule has 6 nitrogen and oxygen atoms in total. The Balaban J connectivity index is 1.58. The maximum absolute atomic E-state index is 12.4. The first-order valence-corrected chi connectivity index (χ1v) is 8.80. The fourth-order valence-electron chi connectivity index (χ4n) is 2.48. The minimum Gasteiger partial charge on any atom is -0.352 e. The topological polar surface area (TPSA) is 76.0 Å². The average molecular weight is 383 g/mol. The average Bonchev–Trinajstić information content (AvgIpc) is 3.09. The third kappa shape index (κ3) is 5.43. The third-order valence-electron chi connectivity index (χ3n) is 3.90. The number of carbonyl (C=O) groups is 2. The lowest BCUT2D eigenvalue weighted by molar-refractivity contribution is -0.119. The summed E-state index contributed by atoms with van der Waals surface area (Å²) in [5.74, 6) is 0.153. The Morgan fingerprint density at radius 3 is 2.33 bits per heavy atom. The Hall–Kier alpha value is -3.12. The van der Waals surface area contributed by atoms with Crippen LogP contribution in [0.5, 0.6) is 0 Å². The zero-order valence-corrected chi connectivity index (χ0v) is 15.5. The van der Waals surface area contributed by atoms with Crippen molar-refractivity contribution >= 4 is 29.2 Å². The van der Waals surface area contributed by atoms with E-state index in [2.05, 4.69) is 15.7 Å². The Labute approximate surface area is 162 Å². The predicted molar refractivity (Wildman–Crippen MR) is 105 cm³/mol. The van der Waals surface area contributed by atoms with Crippen LogP contribution in [-0.4, -0.2) is 21.6 Å². The fraction of sp³-hybridized carbons (Fsp3) is 0.150. The van der Waals surface area contributed by atoms with Gasteiger partial charge in [0, 0.05) is 36.3 Å². The molecule has 0 aliphatic rings. The van der Waals surface area contributed by atoms with Crippen molar-refractivity contribution < 1.29 is 9.59 Å². The number of carbonyl (C=O) groups excluding carboxylic acids is 2. The second-order valence-corrected chi connectivity index (χ2v) is 6.52. The minimum absolute atomic E-state index is 0.0917. The van der Waals surface area contributed by atoms with Gasteiger partial charge in [0.2, 0.25) is 5.91 Å². The van der Waals surface area contributed by atoms with Crippen LogP contribution in [0.15, 0.2) is 60.8 Å². The van der Waals surface area contributed by atoms with Crippen LogP contribution in [0, 0.1) is 0 Å².